The van der Waals surface area contributed by atoms with Gasteiger partial charge in [-0.25, -0.2) is 5.01 Å². The zero-order chi connectivity index (χ0) is 18.4. The van der Waals surface area contributed by atoms with Crippen LogP contribution >= 0.6 is 12.2 Å². The standard InChI is InChI=1S/C16H24N4O4S/c1-19-5-7-20(8-6-19)18-16(25)17-15(21)11-9-12(22-2)14(24-4)13(10-11)23-3/h9-10H,5-8H2,1-4H3,(H2,17,18,21,25)/p+1. The first kappa shape index (κ1) is 19.2. The molecule has 3 N–H and O–H groups in total. The molecule has 1 aliphatic rings. The maximum Gasteiger partial charge on any atom is 0.257 e. The third kappa shape index (κ3) is 4.94. The number of carbonyl (C=O) groups excluding carboxylic acids is 1. The van der Waals surface area contributed by atoms with Crippen LogP contribution in [0.3, 0.4) is 0 Å². The number of benzene rings is 1. The van der Waals surface area contributed by atoms with E-state index in [1.54, 1.807) is 12.1 Å². The van der Waals surface area contributed by atoms with Crippen LogP contribution in [0.1, 0.15) is 10.4 Å². The minimum absolute atomic E-state index is 0.262. The number of thiocarbonyl (C=S) groups is 1. The van der Waals surface area contributed by atoms with E-state index in [0.29, 0.717) is 22.8 Å². The lowest BCUT2D eigenvalue weighted by molar-refractivity contribution is -0.884. The number of rotatable bonds is 5. The molecule has 1 heterocycles. The highest BCUT2D eigenvalue weighted by molar-refractivity contribution is 7.80. The molecular weight excluding hydrogens is 344 g/mol. The normalized spacial score (nSPS) is 15.4. The Labute approximate surface area is 153 Å². The highest BCUT2D eigenvalue weighted by atomic mass is 32.1. The largest absolute Gasteiger partial charge is 0.493 e. The second-order valence-corrected chi connectivity index (χ2v) is 6.16. The quantitative estimate of drug-likeness (QED) is 0.579. The van der Waals surface area contributed by atoms with E-state index >= 15 is 0 Å². The van der Waals surface area contributed by atoms with E-state index in [9.17, 15) is 4.79 Å². The van der Waals surface area contributed by atoms with Crippen LogP contribution in [-0.4, -0.2) is 70.6 Å². The Kier molecular flexibility index (Phi) is 6.80. The maximum absolute atomic E-state index is 12.5. The van der Waals surface area contributed by atoms with Crippen molar-refractivity contribution < 1.29 is 23.9 Å². The Morgan fingerprint density at radius 3 is 2.16 bits per heavy atom. The van der Waals surface area contributed by atoms with Gasteiger partial charge >= 0.3 is 0 Å². The predicted molar refractivity (Wildman–Crippen MR) is 97.5 cm³/mol. The number of carbonyl (C=O) groups is 1. The molecule has 25 heavy (non-hydrogen) atoms. The molecule has 0 spiro atoms. The molecule has 1 aromatic rings. The first-order valence-corrected chi connectivity index (χ1v) is 8.37. The molecule has 1 amide bonds. The Morgan fingerprint density at radius 2 is 1.68 bits per heavy atom. The van der Waals surface area contributed by atoms with Gasteiger partial charge in [-0.15, -0.1) is 0 Å². The van der Waals surface area contributed by atoms with E-state index in [2.05, 4.69) is 17.8 Å². The van der Waals surface area contributed by atoms with Gasteiger partial charge in [-0.2, -0.15) is 0 Å². The summed E-state index contributed by atoms with van der Waals surface area (Å²) in [5, 5.41) is 4.94. The van der Waals surface area contributed by atoms with Crippen molar-refractivity contribution >= 4 is 23.2 Å². The molecule has 8 nitrogen and oxygen atoms in total. The zero-order valence-corrected chi connectivity index (χ0v) is 15.8. The number of nitrogens with one attached hydrogen (secondary N) is 3. The third-order valence-electron chi connectivity index (χ3n) is 4.03. The van der Waals surface area contributed by atoms with Crippen molar-refractivity contribution in [3.05, 3.63) is 17.7 Å². The molecule has 1 aliphatic heterocycles. The van der Waals surface area contributed by atoms with Gasteiger partial charge in [0.2, 0.25) is 5.75 Å². The number of hydrogen-bond acceptors (Lipinski definition) is 6. The molecule has 0 radical (unpaired) electrons. The number of hydrazine groups is 1. The van der Waals surface area contributed by atoms with Crippen LogP contribution in [-0.2, 0) is 0 Å². The zero-order valence-electron chi connectivity index (χ0n) is 15.0. The van der Waals surface area contributed by atoms with Crippen LogP contribution in [0.4, 0.5) is 0 Å². The smallest absolute Gasteiger partial charge is 0.257 e. The number of likely N-dealkylation sites (N-methyl/N-ethyl adjacent to an activating group) is 1. The summed E-state index contributed by atoms with van der Waals surface area (Å²) in [6.07, 6.45) is 0. The monoisotopic (exact) mass is 369 g/mol. The summed E-state index contributed by atoms with van der Waals surface area (Å²) in [4.78, 5) is 13.9. The van der Waals surface area contributed by atoms with E-state index < -0.39 is 0 Å². The van der Waals surface area contributed by atoms with Crippen LogP contribution < -0.4 is 29.9 Å². The van der Waals surface area contributed by atoms with E-state index in [-0.39, 0.29) is 11.0 Å². The van der Waals surface area contributed by atoms with Gasteiger partial charge in [-0.3, -0.25) is 15.5 Å². The molecule has 9 heteroatoms. The summed E-state index contributed by atoms with van der Waals surface area (Å²) in [5.74, 6) is 0.902. The molecular formula is C16H25N4O4S+. The summed E-state index contributed by atoms with van der Waals surface area (Å²) < 4.78 is 15.8. The number of hydrogen-bond donors (Lipinski definition) is 3. The molecule has 0 bridgehead atoms. The molecule has 1 aromatic carbocycles. The van der Waals surface area contributed by atoms with Crippen molar-refractivity contribution in [1.29, 1.82) is 0 Å². The minimum atomic E-state index is -0.350. The predicted octanol–water partition coefficient (Wildman–Crippen LogP) is -0.938. The topological polar surface area (TPSA) is 76.5 Å². The first-order valence-electron chi connectivity index (χ1n) is 7.96. The lowest BCUT2D eigenvalue weighted by atomic mass is 10.1. The Bertz CT molecular complexity index is 608. The van der Waals surface area contributed by atoms with Crippen molar-refractivity contribution in [3.63, 3.8) is 0 Å². The van der Waals surface area contributed by atoms with Gasteiger partial charge < -0.3 is 19.1 Å². The van der Waals surface area contributed by atoms with Crippen LogP contribution in [0.25, 0.3) is 0 Å². The van der Waals surface area contributed by atoms with Crippen molar-refractivity contribution in [2.24, 2.45) is 0 Å². The van der Waals surface area contributed by atoms with E-state index in [1.165, 1.54) is 26.2 Å². The summed E-state index contributed by atoms with van der Waals surface area (Å²) in [7, 11) is 6.67. The second kappa shape index (κ2) is 8.84. The Balaban J connectivity index is 2.03. The second-order valence-electron chi connectivity index (χ2n) is 5.75. The molecule has 0 unspecified atom stereocenters. The van der Waals surface area contributed by atoms with Crippen LogP contribution in [0.15, 0.2) is 12.1 Å². The molecule has 138 valence electrons. The number of ether oxygens (including phenoxy) is 3. The van der Waals surface area contributed by atoms with Gasteiger partial charge in [0.05, 0.1) is 54.6 Å². The lowest BCUT2D eigenvalue weighted by Crippen LogP contribution is -3.12. The van der Waals surface area contributed by atoms with Crippen molar-refractivity contribution in [2.45, 2.75) is 0 Å². The van der Waals surface area contributed by atoms with Crippen molar-refractivity contribution in [2.75, 3.05) is 54.6 Å². The molecule has 1 fully saturated rings. The molecule has 0 atom stereocenters. The SMILES string of the molecule is COc1cc(C(=O)NC(=S)NN2CC[NH+](C)CC2)cc(OC)c1OC. The number of amides is 1. The molecule has 2 rings (SSSR count). The number of nitrogens with zero attached hydrogens (tertiary/aromatic N) is 1. The van der Waals surface area contributed by atoms with Crippen LogP contribution in [0, 0.1) is 0 Å². The fraction of sp³-hybridized carbons (Fsp3) is 0.500. The van der Waals surface area contributed by atoms with Crippen molar-refractivity contribution in [3.8, 4) is 17.2 Å². The average molecular weight is 369 g/mol. The molecule has 0 aromatic heterocycles. The number of quaternary nitrogens is 1. The molecule has 0 saturated carbocycles. The first-order chi connectivity index (χ1) is 12.0. The Hall–Kier alpha value is -2.10. The lowest BCUT2D eigenvalue weighted by Gasteiger charge is -2.30. The number of methoxy groups -OCH3 is 3. The average Bonchev–Trinajstić information content (AvgIpc) is 2.62. The highest BCUT2D eigenvalue weighted by Crippen LogP contribution is 2.38. The fourth-order valence-corrected chi connectivity index (χ4v) is 2.78. The van der Waals surface area contributed by atoms with E-state index in [4.69, 9.17) is 26.4 Å². The summed E-state index contributed by atoms with van der Waals surface area (Å²) in [5.41, 5.74) is 3.41. The van der Waals surface area contributed by atoms with Crippen molar-refractivity contribution in [1.82, 2.24) is 15.8 Å². The van der Waals surface area contributed by atoms with Crippen LogP contribution in [0.5, 0.6) is 17.2 Å². The Morgan fingerprint density at radius 1 is 1.12 bits per heavy atom. The summed E-state index contributed by atoms with van der Waals surface area (Å²) >= 11 is 5.23. The van der Waals surface area contributed by atoms with Gasteiger partial charge in [0, 0.05) is 5.56 Å². The minimum Gasteiger partial charge on any atom is -0.493 e. The van der Waals surface area contributed by atoms with Gasteiger partial charge in [0.25, 0.3) is 5.91 Å². The maximum atomic E-state index is 12.5. The van der Waals surface area contributed by atoms with Gasteiger partial charge in [0.1, 0.15) is 0 Å². The summed E-state index contributed by atoms with van der Waals surface area (Å²) in [6.45, 7) is 3.78. The molecule has 0 aliphatic carbocycles. The van der Waals surface area contributed by atoms with E-state index in [0.717, 1.165) is 26.2 Å². The third-order valence-corrected chi connectivity index (χ3v) is 4.22. The fourth-order valence-electron chi connectivity index (χ4n) is 2.56. The van der Waals surface area contributed by atoms with Crippen LogP contribution in [0.2, 0.25) is 0 Å². The number of piperazine rings is 1. The highest BCUT2D eigenvalue weighted by Gasteiger charge is 2.20. The van der Waals surface area contributed by atoms with Gasteiger partial charge in [-0.05, 0) is 24.4 Å². The van der Waals surface area contributed by atoms with Gasteiger partial charge in [0.15, 0.2) is 16.6 Å². The van der Waals surface area contributed by atoms with E-state index in [1.807, 2.05) is 5.01 Å². The van der Waals surface area contributed by atoms with Gasteiger partial charge in [-0.1, -0.05) is 0 Å². The molecule has 1 saturated heterocycles. The summed E-state index contributed by atoms with van der Waals surface area (Å²) in [6, 6.07) is 3.16.